The average molecular weight is 405 g/mol. The molecule has 0 unspecified atom stereocenters. The molecule has 4 aromatic carbocycles. The van der Waals surface area contributed by atoms with Gasteiger partial charge in [0.1, 0.15) is 0 Å². The summed E-state index contributed by atoms with van der Waals surface area (Å²) in [6.45, 7) is 0. The molecule has 31 heavy (non-hydrogen) atoms. The van der Waals surface area contributed by atoms with Crippen LogP contribution in [0.4, 0.5) is 5.82 Å². The third-order valence-electron chi connectivity index (χ3n) is 5.25. The van der Waals surface area contributed by atoms with Gasteiger partial charge in [-0.05, 0) is 47.3 Å². The predicted molar refractivity (Wildman–Crippen MR) is 124 cm³/mol. The van der Waals surface area contributed by atoms with Crippen molar-refractivity contribution < 1.29 is 4.79 Å². The fourth-order valence-electron chi connectivity index (χ4n) is 3.72. The van der Waals surface area contributed by atoms with Gasteiger partial charge in [-0.25, -0.2) is 4.98 Å². The molecule has 0 spiro atoms. The monoisotopic (exact) mass is 405 g/mol. The average Bonchev–Trinajstić information content (AvgIpc) is 2.80. The van der Waals surface area contributed by atoms with Crippen LogP contribution in [0.3, 0.4) is 0 Å². The zero-order chi connectivity index (χ0) is 21.2. The molecule has 1 aromatic heterocycles. The highest BCUT2D eigenvalue weighted by molar-refractivity contribution is 6.06. The molecule has 1 amide bonds. The maximum atomic E-state index is 12.8. The molecule has 5 nitrogen and oxygen atoms in total. The van der Waals surface area contributed by atoms with Crippen molar-refractivity contribution >= 4 is 33.5 Å². The number of hydrogen-bond acceptors (Lipinski definition) is 3. The van der Waals surface area contributed by atoms with Crippen LogP contribution in [0.5, 0.6) is 0 Å². The number of anilines is 1. The molecule has 0 aliphatic carbocycles. The van der Waals surface area contributed by atoms with Crippen molar-refractivity contribution in [2.45, 2.75) is 6.42 Å². The van der Waals surface area contributed by atoms with Gasteiger partial charge in [0.15, 0.2) is 11.2 Å². The quantitative estimate of drug-likeness (QED) is 0.417. The van der Waals surface area contributed by atoms with Gasteiger partial charge in [0.25, 0.3) is 5.91 Å². The molecule has 5 heteroatoms. The molecular weight excluding hydrogens is 386 g/mol. The molecule has 5 rings (SSSR count). The zero-order valence-corrected chi connectivity index (χ0v) is 16.6. The van der Waals surface area contributed by atoms with Crippen LogP contribution in [0, 0.1) is 0 Å². The van der Waals surface area contributed by atoms with Crippen LogP contribution in [-0.4, -0.2) is 15.9 Å². The summed E-state index contributed by atoms with van der Waals surface area (Å²) < 4.78 is 0. The van der Waals surface area contributed by atoms with Crippen molar-refractivity contribution in [2.75, 3.05) is 5.32 Å². The van der Waals surface area contributed by atoms with Gasteiger partial charge in [-0.1, -0.05) is 54.6 Å². The minimum absolute atomic E-state index is 0.0314. The van der Waals surface area contributed by atoms with Crippen molar-refractivity contribution in [2.24, 2.45) is 0 Å². The molecule has 5 aromatic rings. The first-order valence-corrected chi connectivity index (χ1v) is 10.0. The molecule has 150 valence electrons. The molecule has 0 saturated carbocycles. The number of aromatic amines is 1. The van der Waals surface area contributed by atoms with Crippen LogP contribution in [0.15, 0.2) is 95.8 Å². The van der Waals surface area contributed by atoms with E-state index < -0.39 is 0 Å². The number of benzene rings is 4. The number of aromatic nitrogens is 2. The van der Waals surface area contributed by atoms with Gasteiger partial charge in [0.2, 0.25) is 0 Å². The molecule has 0 aliphatic heterocycles. The molecule has 0 bridgehead atoms. The Hall–Kier alpha value is -4.25. The molecule has 0 saturated heterocycles. The number of nitrogens with zero attached hydrogens (tertiary/aromatic N) is 1. The summed E-state index contributed by atoms with van der Waals surface area (Å²) in [5, 5.41) is 4.73. The highest BCUT2D eigenvalue weighted by Gasteiger charge is 2.14. The summed E-state index contributed by atoms with van der Waals surface area (Å²) in [5.41, 5.74) is 3.97. The summed E-state index contributed by atoms with van der Waals surface area (Å²) in [6, 6.07) is 27.8. The highest BCUT2D eigenvalue weighted by Crippen LogP contribution is 2.26. The first kappa shape index (κ1) is 18.8. The lowest BCUT2D eigenvalue weighted by Gasteiger charge is -2.14. The number of rotatable bonds is 4. The molecule has 1 heterocycles. The van der Waals surface area contributed by atoms with Crippen LogP contribution >= 0.6 is 0 Å². The smallest absolute Gasteiger partial charge is 0.256 e. The van der Waals surface area contributed by atoms with Crippen molar-refractivity contribution in [3.63, 3.8) is 0 Å². The number of carbonyl (C=O) groups excluding carboxylic acids is 1. The van der Waals surface area contributed by atoms with Crippen LogP contribution in [0.25, 0.3) is 21.8 Å². The Kier molecular flexibility index (Phi) is 4.77. The Morgan fingerprint density at radius 1 is 0.871 bits per heavy atom. The molecule has 0 atom stereocenters. The van der Waals surface area contributed by atoms with E-state index in [0.29, 0.717) is 23.3 Å². The van der Waals surface area contributed by atoms with Crippen LogP contribution in [0.2, 0.25) is 0 Å². The lowest BCUT2D eigenvalue weighted by molar-refractivity contribution is 0.102. The number of hydrogen-bond donors (Lipinski definition) is 2. The van der Waals surface area contributed by atoms with Crippen molar-refractivity contribution in [3.8, 4) is 0 Å². The molecule has 0 aliphatic rings. The van der Waals surface area contributed by atoms with Gasteiger partial charge in [-0.3, -0.25) is 9.59 Å². The summed E-state index contributed by atoms with van der Waals surface area (Å²) in [4.78, 5) is 32.8. The van der Waals surface area contributed by atoms with Gasteiger partial charge in [0, 0.05) is 17.4 Å². The maximum Gasteiger partial charge on any atom is 0.256 e. The second kappa shape index (κ2) is 7.88. The van der Waals surface area contributed by atoms with E-state index in [2.05, 4.69) is 10.3 Å². The Balaban J connectivity index is 1.65. The maximum absolute atomic E-state index is 12.8. The van der Waals surface area contributed by atoms with Crippen molar-refractivity contribution in [1.82, 2.24) is 9.97 Å². The van der Waals surface area contributed by atoms with E-state index in [-0.39, 0.29) is 11.3 Å². The van der Waals surface area contributed by atoms with Gasteiger partial charge in [-0.15, -0.1) is 0 Å². The van der Waals surface area contributed by atoms with Gasteiger partial charge in [0.05, 0.1) is 16.7 Å². The Morgan fingerprint density at radius 2 is 1.61 bits per heavy atom. The Labute approximate surface area is 178 Å². The van der Waals surface area contributed by atoms with Gasteiger partial charge >= 0.3 is 0 Å². The van der Waals surface area contributed by atoms with Crippen molar-refractivity contribution in [1.29, 1.82) is 0 Å². The van der Waals surface area contributed by atoms with Crippen LogP contribution < -0.4 is 10.7 Å². The number of carbonyl (C=O) groups is 1. The third kappa shape index (κ3) is 3.81. The van der Waals surface area contributed by atoms with Crippen molar-refractivity contribution in [3.05, 3.63) is 118 Å². The largest absolute Gasteiger partial charge is 0.353 e. The van der Waals surface area contributed by atoms with E-state index in [1.807, 2.05) is 66.7 Å². The SMILES string of the molecule is O=C(Nc1nc2ccc3cc(=O)ccc3c2[nH]c1Cc1ccccc1)c1ccccc1. The van der Waals surface area contributed by atoms with Gasteiger partial charge < -0.3 is 10.3 Å². The Bertz CT molecular complexity index is 1460. The predicted octanol–water partition coefficient (Wildman–Crippen LogP) is 4.92. The summed E-state index contributed by atoms with van der Waals surface area (Å²) in [6.07, 6.45) is 0.574. The lowest BCUT2D eigenvalue weighted by atomic mass is 10.1. The van der Waals surface area contributed by atoms with Crippen LogP contribution in [0.1, 0.15) is 21.6 Å². The Morgan fingerprint density at radius 3 is 2.39 bits per heavy atom. The molecule has 2 N–H and O–H groups in total. The number of amides is 1. The fourth-order valence-corrected chi connectivity index (χ4v) is 3.72. The summed E-state index contributed by atoms with van der Waals surface area (Å²) >= 11 is 0. The zero-order valence-electron chi connectivity index (χ0n) is 16.6. The van der Waals surface area contributed by atoms with E-state index in [0.717, 1.165) is 27.5 Å². The third-order valence-corrected chi connectivity index (χ3v) is 5.25. The van der Waals surface area contributed by atoms with E-state index >= 15 is 0 Å². The first-order valence-electron chi connectivity index (χ1n) is 10.0. The summed E-state index contributed by atoms with van der Waals surface area (Å²) in [7, 11) is 0. The molecule has 0 radical (unpaired) electrons. The van der Waals surface area contributed by atoms with E-state index in [4.69, 9.17) is 4.98 Å². The second-order valence-electron chi connectivity index (χ2n) is 7.39. The van der Waals surface area contributed by atoms with Gasteiger partial charge in [-0.2, -0.15) is 0 Å². The lowest BCUT2D eigenvalue weighted by Crippen LogP contribution is -2.15. The fraction of sp³-hybridized carbons (Fsp3) is 0.0385. The summed E-state index contributed by atoms with van der Waals surface area (Å²) in [5.74, 6) is 0.275. The van der Waals surface area contributed by atoms with E-state index in [9.17, 15) is 9.59 Å². The molecular formula is C26H19N3O2. The minimum Gasteiger partial charge on any atom is -0.353 e. The second-order valence-corrected chi connectivity index (χ2v) is 7.39. The van der Waals surface area contributed by atoms with E-state index in [1.54, 1.807) is 24.3 Å². The number of fused-ring (bicyclic) bond motifs is 3. The standard InChI is InChI=1S/C26H19N3O2/c30-20-12-13-21-19(16-20)11-14-22-24(21)27-23(15-17-7-3-1-4-8-17)25(28-22)29-26(31)18-9-5-2-6-10-18/h1-14,16,27H,15H2,(H,29,31). The number of nitrogens with one attached hydrogen (secondary N) is 2. The first-order chi connectivity index (χ1) is 15.2. The highest BCUT2D eigenvalue weighted by atomic mass is 16.1. The molecule has 0 fully saturated rings. The number of H-pyrrole nitrogens is 1. The topological polar surface area (TPSA) is 74.8 Å². The minimum atomic E-state index is -0.216. The van der Waals surface area contributed by atoms with Crippen LogP contribution in [-0.2, 0) is 6.42 Å². The van der Waals surface area contributed by atoms with E-state index in [1.165, 1.54) is 0 Å². The normalized spacial score (nSPS) is 11.0.